The summed E-state index contributed by atoms with van der Waals surface area (Å²) in [4.78, 5) is 28.5. The lowest BCUT2D eigenvalue weighted by Crippen LogP contribution is -2.29. The second-order valence-electron chi connectivity index (χ2n) is 9.64. The first-order valence-electron chi connectivity index (χ1n) is 13.1. The Balaban J connectivity index is 0.000000703. The third-order valence-electron chi connectivity index (χ3n) is 6.24. The van der Waals surface area contributed by atoms with E-state index in [1.807, 2.05) is 27.7 Å². The van der Waals surface area contributed by atoms with Crippen molar-refractivity contribution >= 4 is 23.0 Å². The number of nitro groups is 2. The minimum absolute atomic E-state index is 0. The number of methoxy groups -OCH3 is 4. The van der Waals surface area contributed by atoms with E-state index in [2.05, 4.69) is 9.84 Å². The van der Waals surface area contributed by atoms with E-state index >= 15 is 0 Å². The lowest BCUT2D eigenvalue weighted by atomic mass is 10.1. The molecule has 2 atom stereocenters. The SMILES string of the molecule is C.CC(C)[C@H](N)CO.COc1ccc(C2=N[C@@H](C(C)C)CO2)c([N+](=O)[O-])c1OC.[C-]#[N+]c1ccc(OC)c(OC)c1[N+](=O)[O-]. The van der Waals surface area contributed by atoms with Gasteiger partial charge in [0.15, 0.2) is 11.5 Å². The van der Waals surface area contributed by atoms with Crippen molar-refractivity contribution in [3.63, 3.8) is 0 Å². The topological polar surface area (TPSA) is 195 Å². The van der Waals surface area contributed by atoms with Gasteiger partial charge in [-0.05, 0) is 36.1 Å². The average molecular weight is 622 g/mol. The summed E-state index contributed by atoms with van der Waals surface area (Å²) in [7, 11) is 5.46. The fourth-order valence-corrected chi connectivity index (χ4v) is 3.52. The van der Waals surface area contributed by atoms with E-state index in [9.17, 15) is 20.2 Å². The molecule has 0 aliphatic carbocycles. The van der Waals surface area contributed by atoms with Gasteiger partial charge in [-0.2, -0.15) is 0 Å². The number of nitrogens with zero attached hydrogens (tertiary/aromatic N) is 4. The zero-order chi connectivity index (χ0) is 32.9. The second-order valence-corrected chi connectivity index (χ2v) is 9.64. The van der Waals surface area contributed by atoms with Crippen LogP contribution >= 0.6 is 0 Å². The minimum atomic E-state index is -0.658. The lowest BCUT2D eigenvalue weighted by Gasteiger charge is -2.10. The highest BCUT2D eigenvalue weighted by atomic mass is 16.6. The Bertz CT molecular complexity index is 1320. The lowest BCUT2D eigenvalue weighted by molar-refractivity contribution is -0.386. The van der Waals surface area contributed by atoms with E-state index in [0.717, 1.165) is 0 Å². The summed E-state index contributed by atoms with van der Waals surface area (Å²) < 4.78 is 25.5. The number of benzene rings is 2. The Morgan fingerprint density at radius 3 is 1.82 bits per heavy atom. The monoisotopic (exact) mass is 621 g/mol. The molecule has 1 aliphatic rings. The van der Waals surface area contributed by atoms with Crippen LogP contribution in [0.15, 0.2) is 29.3 Å². The molecule has 3 N–H and O–H groups in total. The Morgan fingerprint density at radius 2 is 1.48 bits per heavy atom. The van der Waals surface area contributed by atoms with Gasteiger partial charge in [0, 0.05) is 6.04 Å². The molecule has 0 saturated heterocycles. The Kier molecular flexibility index (Phi) is 16.8. The van der Waals surface area contributed by atoms with Crippen molar-refractivity contribution in [1.82, 2.24) is 0 Å². The van der Waals surface area contributed by atoms with Crippen molar-refractivity contribution in [1.29, 1.82) is 0 Å². The van der Waals surface area contributed by atoms with Gasteiger partial charge >= 0.3 is 11.4 Å². The van der Waals surface area contributed by atoms with Gasteiger partial charge in [-0.3, -0.25) is 20.2 Å². The van der Waals surface area contributed by atoms with Crippen LogP contribution in [-0.4, -0.2) is 74.6 Å². The average Bonchev–Trinajstić information content (AvgIpc) is 3.50. The van der Waals surface area contributed by atoms with Crippen LogP contribution in [-0.2, 0) is 4.74 Å². The molecule has 2 aromatic rings. The number of aliphatic hydroxyl groups is 1. The maximum Gasteiger partial charge on any atom is 0.327 e. The molecule has 15 heteroatoms. The van der Waals surface area contributed by atoms with Crippen LogP contribution in [0.1, 0.15) is 40.7 Å². The first-order valence-corrected chi connectivity index (χ1v) is 13.1. The molecule has 0 spiro atoms. The van der Waals surface area contributed by atoms with Gasteiger partial charge in [0.25, 0.3) is 5.69 Å². The molecule has 0 bridgehead atoms. The Hall–Kier alpha value is -4.68. The van der Waals surface area contributed by atoms with Crippen molar-refractivity contribution in [3.05, 3.63) is 61.5 Å². The first-order chi connectivity index (χ1) is 20.3. The molecule has 1 aliphatic heterocycles. The molecule has 244 valence electrons. The van der Waals surface area contributed by atoms with Gasteiger partial charge in [0.1, 0.15) is 12.2 Å². The number of aliphatic imine (C=N–C) groups is 1. The van der Waals surface area contributed by atoms with Crippen LogP contribution in [0.3, 0.4) is 0 Å². The predicted octanol–water partition coefficient (Wildman–Crippen LogP) is 5.17. The van der Waals surface area contributed by atoms with Gasteiger partial charge < -0.3 is 34.5 Å². The third kappa shape index (κ3) is 9.96. The van der Waals surface area contributed by atoms with Crippen LogP contribution in [0.2, 0.25) is 0 Å². The number of ether oxygens (including phenoxy) is 5. The maximum absolute atomic E-state index is 11.4. The molecule has 3 rings (SSSR count). The molecule has 0 aromatic heterocycles. The van der Waals surface area contributed by atoms with Gasteiger partial charge in [-0.1, -0.05) is 35.1 Å². The van der Waals surface area contributed by atoms with Crippen molar-refractivity contribution < 1.29 is 38.6 Å². The van der Waals surface area contributed by atoms with E-state index in [0.29, 0.717) is 29.8 Å². The molecule has 44 heavy (non-hydrogen) atoms. The van der Waals surface area contributed by atoms with E-state index in [1.54, 1.807) is 12.1 Å². The smallest absolute Gasteiger partial charge is 0.327 e. The Labute approximate surface area is 257 Å². The summed E-state index contributed by atoms with van der Waals surface area (Å²) in [5.74, 6) is 1.55. The van der Waals surface area contributed by atoms with Gasteiger partial charge in [-0.25, -0.2) is 9.84 Å². The Morgan fingerprint density at radius 1 is 0.977 bits per heavy atom. The van der Waals surface area contributed by atoms with E-state index in [4.69, 9.17) is 41.1 Å². The highest BCUT2D eigenvalue weighted by Gasteiger charge is 2.32. The summed E-state index contributed by atoms with van der Waals surface area (Å²) in [6.07, 6.45) is 0. The molecular weight excluding hydrogens is 578 g/mol. The van der Waals surface area contributed by atoms with E-state index < -0.39 is 9.85 Å². The number of nitro benzene ring substituents is 2. The van der Waals surface area contributed by atoms with Crippen LogP contribution in [0.4, 0.5) is 17.1 Å². The normalized spacial score (nSPS) is 13.8. The zero-order valence-corrected chi connectivity index (χ0v) is 25.5. The summed E-state index contributed by atoms with van der Waals surface area (Å²) in [6, 6.07) is 5.93. The largest absolute Gasteiger partial charge is 0.493 e. The highest BCUT2D eigenvalue weighted by molar-refractivity contribution is 6.00. The molecule has 15 nitrogen and oxygen atoms in total. The molecule has 0 saturated carbocycles. The fraction of sp³-hybridized carbons (Fsp3) is 0.517. The summed E-state index contributed by atoms with van der Waals surface area (Å²) in [6.45, 7) is 15.4. The molecule has 0 unspecified atom stereocenters. The van der Waals surface area contributed by atoms with Gasteiger partial charge in [0.2, 0.25) is 17.4 Å². The number of nitrogens with two attached hydrogens (primary N) is 1. The van der Waals surface area contributed by atoms with Gasteiger partial charge in [0.05, 0.1) is 57.5 Å². The molecule has 1 heterocycles. The minimum Gasteiger partial charge on any atom is -0.493 e. The fourth-order valence-electron chi connectivity index (χ4n) is 3.52. The number of hydrogen-bond donors (Lipinski definition) is 2. The highest BCUT2D eigenvalue weighted by Crippen LogP contribution is 2.43. The van der Waals surface area contributed by atoms with Crippen LogP contribution in [0.25, 0.3) is 4.85 Å². The van der Waals surface area contributed by atoms with Crippen molar-refractivity contribution in [2.24, 2.45) is 22.6 Å². The van der Waals surface area contributed by atoms with Crippen molar-refractivity contribution in [3.8, 4) is 23.0 Å². The molecule has 2 aromatic carbocycles. The first kappa shape index (κ1) is 39.3. The molecule has 0 amide bonds. The summed E-state index contributed by atoms with van der Waals surface area (Å²) in [5, 5.41) is 30.5. The molecular formula is C29H43N5O10. The molecule has 0 radical (unpaired) electrons. The maximum atomic E-state index is 11.4. The van der Waals surface area contributed by atoms with Gasteiger partial charge in [-0.15, -0.1) is 0 Å². The quantitative estimate of drug-likeness (QED) is 0.202. The predicted molar refractivity (Wildman–Crippen MR) is 166 cm³/mol. The standard InChI is InChI=1S/C14H18N2O5.C9H8N2O4.C5H13NO.CH4/c1-8(2)10-7-21-14(15-10)9-5-6-11(19-3)13(20-4)12(9)16(17)18;1-10-6-4-5-7(14-2)9(15-3)8(6)11(12)13;1-4(2)5(6)3-7;/h5-6,8,10H,7H2,1-4H3;4-5H,2-3H3;4-5,7H,3,6H2,1-2H3;1H4/t10-;;5-;/m1.1./s1. The zero-order valence-electron chi connectivity index (χ0n) is 25.5. The van der Waals surface area contributed by atoms with Crippen LogP contribution < -0.4 is 24.7 Å². The number of hydrogen-bond acceptors (Lipinski definition) is 12. The van der Waals surface area contributed by atoms with E-state index in [-0.39, 0.29) is 66.3 Å². The third-order valence-corrected chi connectivity index (χ3v) is 6.24. The van der Waals surface area contributed by atoms with Crippen LogP contribution in [0, 0.1) is 38.6 Å². The van der Waals surface area contributed by atoms with Crippen molar-refractivity contribution in [2.75, 3.05) is 41.7 Å². The van der Waals surface area contributed by atoms with E-state index in [1.165, 1.54) is 40.6 Å². The van der Waals surface area contributed by atoms with Crippen LogP contribution in [0.5, 0.6) is 23.0 Å². The second kappa shape index (κ2) is 18.8. The molecule has 0 fully saturated rings. The summed E-state index contributed by atoms with van der Waals surface area (Å²) >= 11 is 0. The summed E-state index contributed by atoms with van der Waals surface area (Å²) in [5.41, 5.74) is 5.04. The number of aliphatic hydroxyl groups excluding tert-OH is 1. The number of rotatable bonds is 10. The van der Waals surface area contributed by atoms with Crippen molar-refractivity contribution in [2.45, 2.75) is 47.2 Å².